The Bertz CT molecular complexity index is 1080. The lowest BCUT2D eigenvalue weighted by atomic mass is 10.0. The molecular weight excluding hydrogens is 453 g/mol. The number of hydrogen-bond acceptors (Lipinski definition) is 4. The van der Waals surface area contributed by atoms with Gasteiger partial charge in [-0.1, -0.05) is 43.6 Å². The fourth-order valence-corrected chi connectivity index (χ4v) is 5.91. The van der Waals surface area contributed by atoms with Gasteiger partial charge in [0.2, 0.25) is 0 Å². The van der Waals surface area contributed by atoms with Crippen LogP contribution in [0.2, 0.25) is 5.02 Å². The number of carbonyl (C=O) groups is 1. The van der Waals surface area contributed by atoms with Crippen LogP contribution in [-0.4, -0.2) is 42.9 Å². The lowest BCUT2D eigenvalue weighted by Gasteiger charge is -2.31. The summed E-state index contributed by atoms with van der Waals surface area (Å²) in [4.78, 5) is 14.9. The van der Waals surface area contributed by atoms with Gasteiger partial charge in [0.15, 0.2) is 15.9 Å². The number of rotatable bonds is 7. The summed E-state index contributed by atoms with van der Waals surface area (Å²) in [6, 6.07) is 9.61. The van der Waals surface area contributed by atoms with Crippen LogP contribution in [0.1, 0.15) is 49.8 Å². The van der Waals surface area contributed by atoms with Crippen molar-refractivity contribution < 1.29 is 22.3 Å². The fraction of sp³-hybridized carbons (Fsp3) is 0.458. The number of hydrogen-bond donors (Lipinski definition) is 0. The molecule has 2 aromatic rings. The summed E-state index contributed by atoms with van der Waals surface area (Å²) in [6.45, 7) is 7.54. The summed E-state index contributed by atoms with van der Waals surface area (Å²) in [5, 5.41) is 0.193. The first-order chi connectivity index (χ1) is 15.0. The first kappa shape index (κ1) is 24.5. The molecular formula is C24H29ClFNO4S. The predicted molar refractivity (Wildman–Crippen MR) is 124 cm³/mol. The molecule has 3 rings (SSSR count). The van der Waals surface area contributed by atoms with E-state index in [1.807, 2.05) is 39.0 Å². The average Bonchev–Trinajstić information content (AvgIpc) is 3.06. The highest BCUT2D eigenvalue weighted by atomic mass is 35.5. The van der Waals surface area contributed by atoms with Crippen molar-refractivity contribution in [2.24, 2.45) is 0 Å². The Balaban J connectivity index is 1.91. The quantitative estimate of drug-likeness (QED) is 0.564. The molecule has 174 valence electrons. The van der Waals surface area contributed by atoms with Crippen LogP contribution in [0.15, 0.2) is 36.4 Å². The fourth-order valence-electron chi connectivity index (χ4n) is 3.96. The van der Waals surface area contributed by atoms with Crippen molar-refractivity contribution in [3.05, 3.63) is 63.9 Å². The SMILES string of the molecule is Cc1ccc(C(C)C)c(OC(C)C(=O)N(Cc2c(F)cccc2Cl)C2CCS(=O)(=O)C2)c1. The summed E-state index contributed by atoms with van der Waals surface area (Å²) >= 11 is 6.20. The monoisotopic (exact) mass is 481 g/mol. The zero-order chi connectivity index (χ0) is 23.6. The van der Waals surface area contributed by atoms with Gasteiger partial charge < -0.3 is 9.64 Å². The summed E-state index contributed by atoms with van der Waals surface area (Å²) < 4.78 is 44.8. The molecule has 32 heavy (non-hydrogen) atoms. The van der Waals surface area contributed by atoms with Crippen molar-refractivity contribution >= 4 is 27.3 Å². The Kier molecular flexibility index (Phi) is 7.50. The number of amides is 1. The third kappa shape index (κ3) is 5.62. The van der Waals surface area contributed by atoms with Gasteiger partial charge in [-0.2, -0.15) is 0 Å². The van der Waals surface area contributed by atoms with Crippen LogP contribution in [0.3, 0.4) is 0 Å². The van der Waals surface area contributed by atoms with Gasteiger partial charge in [-0.15, -0.1) is 0 Å². The molecule has 0 aromatic heterocycles. The van der Waals surface area contributed by atoms with E-state index in [1.54, 1.807) is 13.0 Å². The van der Waals surface area contributed by atoms with Gasteiger partial charge in [-0.25, -0.2) is 12.8 Å². The van der Waals surface area contributed by atoms with E-state index in [-0.39, 0.29) is 34.6 Å². The smallest absolute Gasteiger partial charge is 0.263 e. The lowest BCUT2D eigenvalue weighted by molar-refractivity contribution is -0.140. The molecule has 2 aromatic carbocycles. The largest absolute Gasteiger partial charge is 0.481 e. The number of halogens is 2. The first-order valence-electron chi connectivity index (χ1n) is 10.7. The highest BCUT2D eigenvalue weighted by Gasteiger charge is 2.37. The van der Waals surface area contributed by atoms with Crippen LogP contribution in [0.5, 0.6) is 5.75 Å². The number of carbonyl (C=O) groups excluding carboxylic acids is 1. The maximum Gasteiger partial charge on any atom is 0.263 e. The van der Waals surface area contributed by atoms with E-state index in [0.29, 0.717) is 12.2 Å². The van der Waals surface area contributed by atoms with Crippen LogP contribution in [0.25, 0.3) is 0 Å². The normalized spacial score (nSPS) is 18.5. The van der Waals surface area contributed by atoms with E-state index in [0.717, 1.165) is 11.1 Å². The minimum atomic E-state index is -3.26. The Morgan fingerprint density at radius 1 is 1.25 bits per heavy atom. The maximum atomic E-state index is 14.5. The molecule has 1 aliphatic heterocycles. The topological polar surface area (TPSA) is 63.7 Å². The minimum Gasteiger partial charge on any atom is -0.481 e. The zero-order valence-electron chi connectivity index (χ0n) is 18.8. The molecule has 1 aliphatic rings. The lowest BCUT2D eigenvalue weighted by Crippen LogP contribution is -2.46. The van der Waals surface area contributed by atoms with Gasteiger partial charge in [-0.05, 0) is 55.5 Å². The van der Waals surface area contributed by atoms with Crippen molar-refractivity contribution in [2.45, 2.75) is 58.7 Å². The molecule has 0 N–H and O–H groups in total. The molecule has 1 amide bonds. The molecule has 8 heteroatoms. The zero-order valence-corrected chi connectivity index (χ0v) is 20.3. The maximum absolute atomic E-state index is 14.5. The number of sulfone groups is 1. The number of benzene rings is 2. The number of nitrogens with zero attached hydrogens (tertiary/aromatic N) is 1. The summed E-state index contributed by atoms with van der Waals surface area (Å²) in [7, 11) is -3.26. The number of ether oxygens (including phenoxy) is 1. The predicted octanol–water partition coefficient (Wildman–Crippen LogP) is 4.89. The Morgan fingerprint density at radius 3 is 2.56 bits per heavy atom. The van der Waals surface area contributed by atoms with E-state index in [2.05, 4.69) is 0 Å². The Hall–Kier alpha value is -2.12. The standard InChI is InChI=1S/C24H29ClFNO4S/c1-15(2)19-9-8-16(3)12-23(19)31-17(4)24(28)27(18-10-11-32(29,30)14-18)13-20-21(25)6-5-7-22(20)26/h5-9,12,15,17-18H,10-11,13-14H2,1-4H3. The second-order valence-electron chi connectivity index (χ2n) is 8.68. The highest BCUT2D eigenvalue weighted by Crippen LogP contribution is 2.30. The van der Waals surface area contributed by atoms with Gasteiger partial charge in [0.25, 0.3) is 5.91 Å². The molecule has 1 heterocycles. The van der Waals surface area contributed by atoms with Crippen molar-refractivity contribution in [3.63, 3.8) is 0 Å². The number of aryl methyl sites for hydroxylation is 1. The third-order valence-electron chi connectivity index (χ3n) is 5.76. The van der Waals surface area contributed by atoms with Crippen molar-refractivity contribution in [2.75, 3.05) is 11.5 Å². The van der Waals surface area contributed by atoms with Crippen molar-refractivity contribution in [1.82, 2.24) is 4.90 Å². The third-order valence-corrected chi connectivity index (χ3v) is 7.87. The molecule has 0 saturated carbocycles. The van der Waals surface area contributed by atoms with E-state index in [1.165, 1.54) is 17.0 Å². The Labute approximate surface area is 194 Å². The van der Waals surface area contributed by atoms with E-state index in [4.69, 9.17) is 16.3 Å². The van der Waals surface area contributed by atoms with Crippen molar-refractivity contribution in [1.29, 1.82) is 0 Å². The molecule has 5 nitrogen and oxygen atoms in total. The molecule has 1 fully saturated rings. The second kappa shape index (κ2) is 9.79. The summed E-state index contributed by atoms with van der Waals surface area (Å²) in [6.07, 6.45) is -0.586. The molecule has 1 saturated heterocycles. The van der Waals surface area contributed by atoms with Crippen molar-refractivity contribution in [3.8, 4) is 5.75 Å². The molecule has 0 spiro atoms. The van der Waals surface area contributed by atoms with Crippen LogP contribution >= 0.6 is 11.6 Å². The second-order valence-corrected chi connectivity index (χ2v) is 11.3. The minimum absolute atomic E-state index is 0.00291. The van der Waals surface area contributed by atoms with Gasteiger partial charge in [-0.3, -0.25) is 4.79 Å². The molecule has 2 unspecified atom stereocenters. The van der Waals surface area contributed by atoms with E-state index >= 15 is 0 Å². The van der Waals surface area contributed by atoms with Gasteiger partial charge in [0.05, 0.1) is 18.1 Å². The van der Waals surface area contributed by atoms with Gasteiger partial charge >= 0.3 is 0 Å². The van der Waals surface area contributed by atoms with E-state index < -0.39 is 33.7 Å². The Morgan fingerprint density at radius 2 is 1.97 bits per heavy atom. The van der Waals surface area contributed by atoms with Gasteiger partial charge in [0, 0.05) is 16.6 Å². The van der Waals surface area contributed by atoms with Crippen LogP contribution in [-0.2, 0) is 21.2 Å². The summed E-state index contributed by atoms with van der Waals surface area (Å²) in [5.74, 6) is -0.283. The molecule has 0 bridgehead atoms. The van der Waals surface area contributed by atoms with Crippen LogP contribution < -0.4 is 4.74 Å². The first-order valence-corrected chi connectivity index (χ1v) is 12.9. The summed E-state index contributed by atoms with van der Waals surface area (Å²) in [5.41, 5.74) is 2.14. The van der Waals surface area contributed by atoms with E-state index in [9.17, 15) is 17.6 Å². The average molecular weight is 482 g/mol. The van der Waals surface area contributed by atoms with Crippen LogP contribution in [0.4, 0.5) is 4.39 Å². The molecule has 2 atom stereocenters. The molecule has 0 radical (unpaired) electrons. The van der Waals surface area contributed by atoms with Crippen LogP contribution in [0, 0.1) is 12.7 Å². The van der Waals surface area contributed by atoms with Gasteiger partial charge in [0.1, 0.15) is 11.6 Å². The molecule has 0 aliphatic carbocycles. The highest BCUT2D eigenvalue weighted by molar-refractivity contribution is 7.91.